The second kappa shape index (κ2) is 5.16. The van der Waals surface area contributed by atoms with Crippen molar-refractivity contribution in [2.75, 3.05) is 0 Å². The molecule has 4 nitrogen and oxygen atoms in total. The zero-order valence-corrected chi connectivity index (χ0v) is 10.9. The lowest BCUT2D eigenvalue weighted by molar-refractivity contribution is 0.851. The second-order valence-corrected chi connectivity index (χ2v) is 5.04. The molecule has 88 valence electrons. The van der Waals surface area contributed by atoms with Gasteiger partial charge in [-0.15, -0.1) is 20.4 Å². The van der Waals surface area contributed by atoms with Crippen molar-refractivity contribution in [3.8, 4) is 11.4 Å². The van der Waals surface area contributed by atoms with Crippen molar-refractivity contribution < 1.29 is 0 Å². The minimum atomic E-state index is 0.514. The highest BCUT2D eigenvalue weighted by Crippen LogP contribution is 2.16. The van der Waals surface area contributed by atoms with Gasteiger partial charge in [-0.05, 0) is 39.9 Å². The second-order valence-electron chi connectivity index (χ2n) is 3.48. The fourth-order valence-electron chi connectivity index (χ4n) is 1.35. The zero-order chi connectivity index (χ0) is 12.2. The Bertz CT molecular complexity index is 627. The Kier molecular flexibility index (Phi) is 3.20. The zero-order valence-electron chi connectivity index (χ0n) is 9.22. The smallest absolute Gasteiger partial charge is 0.152 e. The molecule has 3 aromatic heterocycles. The predicted octanol–water partition coefficient (Wildman–Crippen LogP) is 3.23. The molecule has 0 saturated carbocycles. The number of aromatic nitrogens is 4. The van der Waals surface area contributed by atoms with Crippen molar-refractivity contribution in [1.29, 1.82) is 0 Å². The summed E-state index contributed by atoms with van der Waals surface area (Å²) in [5.74, 6) is 1.07. The number of hydrogen-bond donors (Lipinski definition) is 0. The summed E-state index contributed by atoms with van der Waals surface area (Å²) in [7, 11) is 0. The van der Waals surface area contributed by atoms with E-state index in [0.717, 1.165) is 11.1 Å². The van der Waals surface area contributed by atoms with Gasteiger partial charge in [-0.3, -0.25) is 0 Å². The Balaban J connectivity index is 1.79. The highest BCUT2D eigenvalue weighted by molar-refractivity contribution is 7.08. The lowest BCUT2D eigenvalue weighted by Crippen LogP contribution is -1.97. The van der Waals surface area contributed by atoms with Gasteiger partial charge in [-0.2, -0.15) is 22.7 Å². The highest BCUT2D eigenvalue weighted by Gasteiger charge is 2.02. The first-order valence-corrected chi connectivity index (χ1v) is 7.10. The van der Waals surface area contributed by atoms with Gasteiger partial charge in [0.2, 0.25) is 5.82 Å². The molecule has 0 fully saturated rings. The van der Waals surface area contributed by atoms with E-state index in [1.54, 1.807) is 28.7 Å². The summed E-state index contributed by atoms with van der Waals surface area (Å²) >= 11 is 3.25. The SMILES string of the molecule is C(=C\c1nnc(-c2ccsc2)nn1)/c1ccsc1. The number of thiophene rings is 2. The Hall–Kier alpha value is -1.92. The summed E-state index contributed by atoms with van der Waals surface area (Å²) in [6.45, 7) is 0. The van der Waals surface area contributed by atoms with Crippen LogP contribution in [0.15, 0.2) is 33.7 Å². The van der Waals surface area contributed by atoms with Gasteiger partial charge in [0.1, 0.15) is 0 Å². The standard InChI is InChI=1S/C12H8N4S2/c1(9-3-5-17-7-9)2-11-13-15-12(16-14-11)10-4-6-18-8-10/h1-8H/b2-1+. The minimum Gasteiger partial charge on any atom is -0.152 e. The largest absolute Gasteiger partial charge is 0.204 e. The van der Waals surface area contributed by atoms with E-state index >= 15 is 0 Å². The van der Waals surface area contributed by atoms with Crippen LogP contribution in [0, 0.1) is 0 Å². The first kappa shape index (κ1) is 11.2. The van der Waals surface area contributed by atoms with Crippen LogP contribution in [-0.2, 0) is 0 Å². The van der Waals surface area contributed by atoms with Crippen LogP contribution in [0.25, 0.3) is 23.5 Å². The van der Waals surface area contributed by atoms with Crippen LogP contribution in [-0.4, -0.2) is 20.4 Å². The van der Waals surface area contributed by atoms with Gasteiger partial charge in [-0.1, -0.05) is 6.08 Å². The van der Waals surface area contributed by atoms with Gasteiger partial charge in [0, 0.05) is 10.9 Å². The molecule has 0 aliphatic carbocycles. The first-order chi connectivity index (χ1) is 8.92. The Morgan fingerprint density at radius 1 is 0.833 bits per heavy atom. The van der Waals surface area contributed by atoms with Crippen LogP contribution in [0.1, 0.15) is 11.4 Å². The average molecular weight is 272 g/mol. The van der Waals surface area contributed by atoms with Crippen molar-refractivity contribution in [3.05, 3.63) is 45.0 Å². The van der Waals surface area contributed by atoms with Gasteiger partial charge in [0.05, 0.1) is 0 Å². The third kappa shape index (κ3) is 2.49. The molecule has 3 rings (SSSR count). The number of nitrogens with zero attached hydrogens (tertiary/aromatic N) is 4. The van der Waals surface area contributed by atoms with Gasteiger partial charge >= 0.3 is 0 Å². The molecular weight excluding hydrogens is 264 g/mol. The third-order valence-corrected chi connectivity index (χ3v) is 3.63. The molecule has 0 amide bonds. The maximum absolute atomic E-state index is 4.06. The molecule has 0 N–H and O–H groups in total. The van der Waals surface area contributed by atoms with Crippen molar-refractivity contribution in [2.24, 2.45) is 0 Å². The topological polar surface area (TPSA) is 51.6 Å². The Morgan fingerprint density at radius 2 is 1.61 bits per heavy atom. The van der Waals surface area contributed by atoms with Crippen molar-refractivity contribution in [2.45, 2.75) is 0 Å². The van der Waals surface area contributed by atoms with Gasteiger partial charge < -0.3 is 0 Å². The summed E-state index contributed by atoms with van der Waals surface area (Å²) in [5, 5.41) is 24.2. The van der Waals surface area contributed by atoms with Crippen molar-refractivity contribution >= 4 is 34.8 Å². The molecule has 6 heteroatoms. The van der Waals surface area contributed by atoms with E-state index in [2.05, 4.69) is 25.8 Å². The fourth-order valence-corrected chi connectivity index (χ4v) is 2.61. The summed E-state index contributed by atoms with van der Waals surface area (Å²) in [5.41, 5.74) is 2.08. The summed E-state index contributed by atoms with van der Waals surface area (Å²) in [6, 6.07) is 3.98. The Labute approximate surface area is 112 Å². The molecule has 0 aliphatic heterocycles. The molecule has 0 unspecified atom stereocenters. The van der Waals surface area contributed by atoms with Crippen LogP contribution in [0.2, 0.25) is 0 Å². The molecule has 3 aromatic rings. The molecule has 18 heavy (non-hydrogen) atoms. The van der Waals surface area contributed by atoms with E-state index in [9.17, 15) is 0 Å². The minimum absolute atomic E-state index is 0.514. The van der Waals surface area contributed by atoms with E-state index in [4.69, 9.17) is 0 Å². The van der Waals surface area contributed by atoms with Crippen LogP contribution in [0.5, 0.6) is 0 Å². The summed E-state index contributed by atoms with van der Waals surface area (Å²) < 4.78 is 0. The summed E-state index contributed by atoms with van der Waals surface area (Å²) in [6.07, 6.45) is 3.75. The van der Waals surface area contributed by atoms with E-state index in [1.165, 1.54) is 0 Å². The quantitative estimate of drug-likeness (QED) is 0.734. The molecule has 0 bridgehead atoms. The maximum atomic E-state index is 4.06. The van der Waals surface area contributed by atoms with Crippen molar-refractivity contribution in [3.63, 3.8) is 0 Å². The molecule has 0 aliphatic rings. The highest BCUT2D eigenvalue weighted by atomic mass is 32.1. The first-order valence-electron chi connectivity index (χ1n) is 5.22. The normalized spacial score (nSPS) is 11.1. The number of rotatable bonds is 3. The molecule has 0 saturated heterocycles. The molecule has 0 radical (unpaired) electrons. The molecule has 0 atom stereocenters. The van der Waals surface area contributed by atoms with Gasteiger partial charge in [0.15, 0.2) is 5.82 Å². The van der Waals surface area contributed by atoms with Crippen LogP contribution < -0.4 is 0 Å². The lowest BCUT2D eigenvalue weighted by Gasteiger charge is -1.93. The van der Waals surface area contributed by atoms with Gasteiger partial charge in [0.25, 0.3) is 0 Å². The molecule has 0 aromatic carbocycles. The lowest BCUT2D eigenvalue weighted by atomic mass is 10.3. The van der Waals surface area contributed by atoms with E-state index in [0.29, 0.717) is 11.6 Å². The molecular formula is C12H8N4S2. The fraction of sp³-hybridized carbons (Fsp3) is 0. The predicted molar refractivity (Wildman–Crippen MR) is 74.2 cm³/mol. The van der Waals surface area contributed by atoms with Crippen LogP contribution >= 0.6 is 22.7 Å². The number of hydrogen-bond acceptors (Lipinski definition) is 6. The monoisotopic (exact) mass is 272 g/mol. The molecule has 0 spiro atoms. The van der Waals surface area contributed by atoms with Crippen molar-refractivity contribution in [1.82, 2.24) is 20.4 Å². The van der Waals surface area contributed by atoms with E-state index < -0.39 is 0 Å². The van der Waals surface area contributed by atoms with E-state index in [-0.39, 0.29) is 0 Å². The summed E-state index contributed by atoms with van der Waals surface area (Å²) in [4.78, 5) is 0. The average Bonchev–Trinajstić information content (AvgIpc) is 3.10. The third-order valence-electron chi connectivity index (χ3n) is 2.24. The molecule has 3 heterocycles. The van der Waals surface area contributed by atoms with Gasteiger partial charge in [-0.25, -0.2) is 0 Å². The van der Waals surface area contributed by atoms with E-state index in [1.807, 2.05) is 34.3 Å². The van der Waals surface area contributed by atoms with Crippen LogP contribution in [0.4, 0.5) is 0 Å². The van der Waals surface area contributed by atoms with Crippen LogP contribution in [0.3, 0.4) is 0 Å². The Morgan fingerprint density at radius 3 is 2.28 bits per heavy atom. The maximum Gasteiger partial charge on any atom is 0.204 e.